The van der Waals surface area contributed by atoms with Crippen molar-refractivity contribution in [3.05, 3.63) is 28.8 Å². The number of nitrogens with one attached hydrogen (secondary N) is 1. The van der Waals surface area contributed by atoms with Crippen molar-refractivity contribution in [3.63, 3.8) is 0 Å². The van der Waals surface area contributed by atoms with E-state index in [1.165, 1.54) is 7.11 Å². The summed E-state index contributed by atoms with van der Waals surface area (Å²) in [5.74, 6) is -0.140. The molecule has 17 heavy (non-hydrogen) atoms. The van der Waals surface area contributed by atoms with Gasteiger partial charge >= 0.3 is 35.7 Å². The van der Waals surface area contributed by atoms with Crippen molar-refractivity contribution in [1.29, 1.82) is 0 Å². The average molecular weight is 266 g/mol. The summed E-state index contributed by atoms with van der Waals surface area (Å²) in [5.41, 5.74) is 0.356. The fraction of sp³-hybridized carbons (Fsp3) is 0.200. The molecule has 1 N–H and O–H groups in total. The van der Waals surface area contributed by atoms with Crippen molar-refractivity contribution in [2.45, 2.75) is 6.10 Å². The molecule has 0 saturated carbocycles. The van der Waals surface area contributed by atoms with Crippen LogP contribution in [0.5, 0.6) is 5.75 Å². The summed E-state index contributed by atoms with van der Waals surface area (Å²) in [6.45, 7) is 0. The van der Waals surface area contributed by atoms with Crippen molar-refractivity contribution in [2.24, 2.45) is 0 Å². The zero-order valence-corrected chi connectivity index (χ0v) is 9.08. The summed E-state index contributed by atoms with van der Waals surface area (Å²) in [5, 5.41) is 2.34. The van der Waals surface area contributed by atoms with Gasteiger partial charge in [0.1, 0.15) is 5.75 Å². The Hall–Kier alpha value is -0.750. The second-order valence-electron chi connectivity index (χ2n) is 3.13. The fourth-order valence-electron chi connectivity index (χ4n) is 1.50. The molecule has 0 spiro atoms. The van der Waals surface area contributed by atoms with E-state index in [2.05, 4.69) is 0 Å². The summed E-state index contributed by atoms with van der Waals surface area (Å²) in [7, 11) is 1.45. The van der Waals surface area contributed by atoms with Crippen molar-refractivity contribution >= 4 is 53.2 Å². The van der Waals surface area contributed by atoms with Gasteiger partial charge in [0, 0.05) is 0 Å². The number of carbonyl (C=O) groups excluding carboxylic acids is 2. The molecule has 0 bridgehead atoms. The monoisotopic (exact) mass is 265 g/mol. The molecule has 1 atom stereocenters. The van der Waals surface area contributed by atoms with E-state index in [-0.39, 0.29) is 29.6 Å². The Bertz CT molecular complexity index is 466. The van der Waals surface area contributed by atoms with Crippen LogP contribution in [0.2, 0.25) is 5.02 Å². The van der Waals surface area contributed by atoms with E-state index in [4.69, 9.17) is 21.1 Å². The fourth-order valence-corrected chi connectivity index (χ4v) is 1.76. The molecule has 0 aromatic heterocycles. The van der Waals surface area contributed by atoms with Gasteiger partial charge in [-0.1, -0.05) is 17.7 Å². The van der Waals surface area contributed by atoms with E-state index in [0.29, 0.717) is 16.3 Å². The quantitative estimate of drug-likeness (QED) is 0.811. The molecule has 1 aliphatic rings. The van der Waals surface area contributed by atoms with Crippen molar-refractivity contribution < 1.29 is 19.1 Å². The van der Waals surface area contributed by atoms with E-state index in [1.807, 2.05) is 5.32 Å². The molecule has 2 rings (SSSR count). The first-order valence-corrected chi connectivity index (χ1v) is 4.85. The predicted molar refractivity (Wildman–Crippen MR) is 62.5 cm³/mol. The molecule has 1 unspecified atom stereocenters. The molecule has 1 saturated heterocycles. The normalized spacial score (nSPS) is 18.1. The van der Waals surface area contributed by atoms with E-state index in [1.54, 1.807) is 18.2 Å². The van der Waals surface area contributed by atoms with Gasteiger partial charge in [-0.15, -0.1) is 0 Å². The van der Waals surface area contributed by atoms with Gasteiger partial charge in [0.05, 0.1) is 17.7 Å². The molecule has 7 heteroatoms. The number of ether oxygens (including phenoxy) is 2. The van der Waals surface area contributed by atoms with Gasteiger partial charge in [-0.25, -0.2) is 4.79 Å². The van der Waals surface area contributed by atoms with Crippen LogP contribution >= 0.6 is 11.6 Å². The van der Waals surface area contributed by atoms with Crippen LogP contribution in [-0.2, 0) is 9.53 Å². The average Bonchev–Trinajstić information content (AvgIpc) is 2.57. The Morgan fingerprint density at radius 3 is 2.65 bits per heavy atom. The van der Waals surface area contributed by atoms with Gasteiger partial charge < -0.3 is 9.47 Å². The summed E-state index contributed by atoms with van der Waals surface area (Å²) in [6, 6.07) is 4.92. The van der Waals surface area contributed by atoms with E-state index in [0.717, 1.165) is 0 Å². The standard InChI is InChI=1S/C10H8ClNO4.Na.H/c1-15-6-4-2-3-5(11)7(6)8-9(13)12-10(14)16-8;;/h2-4,8H,1H3,(H,12,13,14);;. The molecule has 1 fully saturated rings. The molecule has 86 valence electrons. The van der Waals surface area contributed by atoms with E-state index < -0.39 is 18.1 Å². The van der Waals surface area contributed by atoms with E-state index >= 15 is 0 Å². The summed E-state index contributed by atoms with van der Waals surface area (Å²) < 4.78 is 9.89. The molecule has 1 aromatic carbocycles. The van der Waals surface area contributed by atoms with Crippen molar-refractivity contribution in [2.75, 3.05) is 7.11 Å². The third kappa shape index (κ3) is 2.74. The number of alkyl carbamates (subject to hydrolysis) is 1. The number of methoxy groups -OCH3 is 1. The summed E-state index contributed by atoms with van der Waals surface area (Å²) >= 11 is 5.95. The van der Waals surface area contributed by atoms with Crippen LogP contribution in [0.3, 0.4) is 0 Å². The number of hydrogen-bond donors (Lipinski definition) is 1. The first-order valence-electron chi connectivity index (χ1n) is 4.47. The van der Waals surface area contributed by atoms with Gasteiger partial charge in [-0.05, 0) is 12.1 Å². The molecule has 1 aliphatic heterocycles. The van der Waals surface area contributed by atoms with Crippen LogP contribution in [0.1, 0.15) is 11.7 Å². The van der Waals surface area contributed by atoms with Crippen LogP contribution in [0.15, 0.2) is 18.2 Å². The van der Waals surface area contributed by atoms with Gasteiger partial charge in [-0.2, -0.15) is 0 Å². The number of cyclic esters (lactones) is 1. The molecule has 1 heterocycles. The van der Waals surface area contributed by atoms with Crippen LogP contribution in [0, 0.1) is 0 Å². The first-order chi connectivity index (χ1) is 7.63. The number of halogens is 1. The third-order valence-corrected chi connectivity index (χ3v) is 2.51. The Balaban J connectivity index is 0.00000144. The number of hydrogen-bond acceptors (Lipinski definition) is 4. The number of rotatable bonds is 2. The number of benzene rings is 1. The van der Waals surface area contributed by atoms with Gasteiger partial charge in [-0.3, -0.25) is 10.1 Å². The maximum absolute atomic E-state index is 11.4. The summed E-state index contributed by atoms with van der Waals surface area (Å²) in [4.78, 5) is 22.3. The van der Waals surface area contributed by atoms with Crippen LogP contribution < -0.4 is 10.1 Å². The van der Waals surface area contributed by atoms with Crippen molar-refractivity contribution in [1.82, 2.24) is 5.32 Å². The SMILES string of the molecule is COc1cccc(Cl)c1C1OC(=O)NC1=O.[NaH]. The van der Waals surface area contributed by atoms with Crippen LogP contribution in [0.25, 0.3) is 0 Å². The number of carbonyl (C=O) groups is 2. The minimum atomic E-state index is -1.05. The van der Waals surface area contributed by atoms with Crippen molar-refractivity contribution in [3.8, 4) is 5.75 Å². The Labute approximate surface area is 125 Å². The van der Waals surface area contributed by atoms with Crippen LogP contribution in [0.4, 0.5) is 4.79 Å². The van der Waals surface area contributed by atoms with Gasteiger partial charge in [0.2, 0.25) is 6.10 Å². The van der Waals surface area contributed by atoms with Gasteiger partial charge in [0.25, 0.3) is 5.91 Å². The molecule has 0 aliphatic carbocycles. The Morgan fingerprint density at radius 2 is 2.12 bits per heavy atom. The van der Waals surface area contributed by atoms with E-state index in [9.17, 15) is 9.59 Å². The number of amides is 2. The molecule has 2 amide bonds. The zero-order valence-electron chi connectivity index (χ0n) is 8.32. The zero-order chi connectivity index (χ0) is 11.7. The van der Waals surface area contributed by atoms with Crippen LogP contribution in [-0.4, -0.2) is 48.7 Å². The Morgan fingerprint density at radius 1 is 1.41 bits per heavy atom. The topological polar surface area (TPSA) is 64.6 Å². The first kappa shape index (κ1) is 14.3. The minimum absolute atomic E-state index is 0. The molecular formula is C10H9ClNNaO4. The molecule has 5 nitrogen and oxygen atoms in total. The molecule has 1 aromatic rings. The maximum atomic E-state index is 11.4. The second-order valence-corrected chi connectivity index (χ2v) is 3.54. The van der Waals surface area contributed by atoms with Gasteiger partial charge in [0.15, 0.2) is 0 Å². The second kappa shape index (κ2) is 5.73. The Kier molecular flexibility index (Phi) is 4.82. The molecule has 0 radical (unpaired) electrons. The summed E-state index contributed by atoms with van der Waals surface area (Å²) in [6.07, 6.45) is -1.83. The molecular weight excluding hydrogens is 257 g/mol. The number of imide groups is 1. The predicted octanol–water partition coefficient (Wildman–Crippen LogP) is 1.01. The third-order valence-electron chi connectivity index (χ3n) is 2.18.